The number of hydrogen-bond acceptors (Lipinski definition) is 6. The summed E-state index contributed by atoms with van der Waals surface area (Å²) < 4.78 is 5.97. The highest BCUT2D eigenvalue weighted by molar-refractivity contribution is 5.75. The summed E-state index contributed by atoms with van der Waals surface area (Å²) in [6, 6.07) is 7.97. The number of piperidine rings is 1. The molecule has 0 unspecified atom stereocenters. The van der Waals surface area contributed by atoms with Crippen LogP contribution in [-0.2, 0) is 9.53 Å². The molecule has 0 atom stereocenters. The minimum absolute atomic E-state index is 0.160. The molecule has 7 heteroatoms. The van der Waals surface area contributed by atoms with Gasteiger partial charge in [0.1, 0.15) is 12.4 Å². The van der Waals surface area contributed by atoms with E-state index in [2.05, 4.69) is 26.6 Å². The molecule has 2 fully saturated rings. The molecule has 0 radical (unpaired) electrons. The van der Waals surface area contributed by atoms with Gasteiger partial charge < -0.3 is 14.5 Å². The van der Waals surface area contributed by atoms with Crippen LogP contribution in [0.1, 0.15) is 19.8 Å². The van der Waals surface area contributed by atoms with Crippen molar-refractivity contribution in [1.29, 1.82) is 0 Å². The number of benzene rings is 1. The number of aromatic nitrogens is 2. The maximum atomic E-state index is 11.4. The first-order chi connectivity index (χ1) is 14.7. The molecule has 1 amide bonds. The lowest BCUT2D eigenvalue weighted by Crippen LogP contribution is -2.47. The highest BCUT2D eigenvalue weighted by Gasteiger charge is 2.21. The smallest absolute Gasteiger partial charge is 0.219 e. The van der Waals surface area contributed by atoms with Gasteiger partial charge in [0.05, 0.1) is 29.9 Å². The molecular formula is C23H29N5O2. The van der Waals surface area contributed by atoms with Crippen LogP contribution in [0, 0.1) is 11.8 Å². The fourth-order valence-corrected chi connectivity index (χ4v) is 3.95. The molecule has 1 aromatic carbocycles. The van der Waals surface area contributed by atoms with Gasteiger partial charge in [-0.25, -0.2) is 4.98 Å². The molecule has 0 aliphatic carbocycles. The molecule has 2 aliphatic heterocycles. The molecule has 0 N–H and O–H groups in total. The molecule has 158 valence electrons. The van der Waals surface area contributed by atoms with Gasteiger partial charge in [-0.05, 0) is 25.0 Å². The Labute approximate surface area is 178 Å². The standard InChI is InChI=1S/C23H29N5O2/c1-19(29)27-15-13-26(14-16-27)10-4-5-17-30-20-8-11-28(12-9-20)23-18-24-21-6-2-3-7-22(21)25-23/h2-3,6-7,18,20H,8-17H2,1H3. The lowest BCUT2D eigenvalue weighted by atomic mass is 10.1. The number of amides is 1. The van der Waals surface area contributed by atoms with Gasteiger partial charge >= 0.3 is 0 Å². The molecule has 0 spiro atoms. The van der Waals surface area contributed by atoms with Crippen molar-refractivity contribution in [2.75, 3.05) is 57.3 Å². The number of carbonyl (C=O) groups excluding carboxylic acids is 1. The number of rotatable bonds is 4. The highest BCUT2D eigenvalue weighted by Crippen LogP contribution is 2.21. The number of anilines is 1. The van der Waals surface area contributed by atoms with Gasteiger partial charge in [0, 0.05) is 46.2 Å². The van der Waals surface area contributed by atoms with E-state index in [1.807, 2.05) is 35.4 Å². The minimum Gasteiger partial charge on any atom is -0.365 e. The van der Waals surface area contributed by atoms with Gasteiger partial charge in [-0.15, -0.1) is 0 Å². The second kappa shape index (κ2) is 9.88. The van der Waals surface area contributed by atoms with Crippen molar-refractivity contribution in [2.45, 2.75) is 25.9 Å². The van der Waals surface area contributed by atoms with Crippen LogP contribution in [0.4, 0.5) is 5.82 Å². The van der Waals surface area contributed by atoms with Crippen LogP contribution in [0.3, 0.4) is 0 Å². The number of piperazine rings is 1. The van der Waals surface area contributed by atoms with Crippen LogP contribution in [0.15, 0.2) is 30.5 Å². The minimum atomic E-state index is 0.160. The topological polar surface area (TPSA) is 61.8 Å². The summed E-state index contributed by atoms with van der Waals surface area (Å²) in [6.07, 6.45) is 4.07. The molecular weight excluding hydrogens is 378 g/mol. The molecule has 4 rings (SSSR count). The highest BCUT2D eigenvalue weighted by atomic mass is 16.5. The van der Waals surface area contributed by atoms with Crippen molar-refractivity contribution >= 4 is 22.8 Å². The molecule has 2 saturated heterocycles. The molecule has 0 saturated carbocycles. The molecule has 7 nitrogen and oxygen atoms in total. The van der Waals surface area contributed by atoms with Crippen LogP contribution in [0.2, 0.25) is 0 Å². The van der Waals surface area contributed by atoms with Crippen molar-refractivity contribution in [3.05, 3.63) is 30.5 Å². The van der Waals surface area contributed by atoms with Crippen molar-refractivity contribution in [3.63, 3.8) is 0 Å². The predicted octanol–water partition coefficient (Wildman–Crippen LogP) is 1.78. The first kappa shape index (κ1) is 20.6. The maximum absolute atomic E-state index is 11.4. The molecule has 0 bridgehead atoms. The summed E-state index contributed by atoms with van der Waals surface area (Å²) in [5.74, 6) is 7.46. The van der Waals surface area contributed by atoms with Gasteiger partial charge in [-0.1, -0.05) is 24.0 Å². The summed E-state index contributed by atoms with van der Waals surface area (Å²) in [5, 5.41) is 0. The van der Waals surface area contributed by atoms with Crippen molar-refractivity contribution in [1.82, 2.24) is 19.8 Å². The van der Waals surface area contributed by atoms with E-state index in [0.29, 0.717) is 6.61 Å². The van der Waals surface area contributed by atoms with Crippen LogP contribution in [0.5, 0.6) is 0 Å². The third kappa shape index (κ3) is 5.26. The molecule has 2 aromatic rings. The normalized spacial score (nSPS) is 18.3. The summed E-state index contributed by atoms with van der Waals surface area (Å²) in [6.45, 7) is 8.09. The van der Waals surface area contributed by atoms with Crippen molar-refractivity contribution in [3.8, 4) is 11.8 Å². The van der Waals surface area contributed by atoms with Crippen molar-refractivity contribution in [2.24, 2.45) is 0 Å². The number of ether oxygens (including phenoxy) is 1. The molecule has 2 aliphatic rings. The first-order valence-corrected chi connectivity index (χ1v) is 10.7. The van der Waals surface area contributed by atoms with E-state index >= 15 is 0 Å². The molecule has 1 aromatic heterocycles. The van der Waals surface area contributed by atoms with E-state index in [4.69, 9.17) is 9.72 Å². The van der Waals surface area contributed by atoms with Crippen LogP contribution < -0.4 is 4.90 Å². The zero-order valence-corrected chi connectivity index (χ0v) is 17.6. The number of fused-ring (bicyclic) bond motifs is 1. The van der Waals surface area contributed by atoms with Gasteiger partial charge in [-0.2, -0.15) is 0 Å². The Morgan fingerprint density at radius 3 is 2.53 bits per heavy atom. The van der Waals surface area contributed by atoms with Crippen molar-refractivity contribution < 1.29 is 9.53 Å². The fraction of sp³-hybridized carbons (Fsp3) is 0.522. The zero-order chi connectivity index (χ0) is 20.8. The molecule has 30 heavy (non-hydrogen) atoms. The Morgan fingerprint density at radius 1 is 1.07 bits per heavy atom. The maximum Gasteiger partial charge on any atom is 0.219 e. The van der Waals surface area contributed by atoms with Gasteiger partial charge in [-0.3, -0.25) is 14.7 Å². The number of nitrogens with zero attached hydrogens (tertiary/aromatic N) is 5. The van der Waals surface area contributed by atoms with E-state index in [1.165, 1.54) is 0 Å². The Balaban J connectivity index is 1.16. The number of hydrogen-bond donors (Lipinski definition) is 0. The van der Waals surface area contributed by atoms with Gasteiger partial charge in [0.15, 0.2) is 0 Å². The first-order valence-electron chi connectivity index (χ1n) is 10.7. The second-order valence-corrected chi connectivity index (χ2v) is 7.85. The Bertz CT molecular complexity index is 922. The summed E-state index contributed by atoms with van der Waals surface area (Å²) >= 11 is 0. The summed E-state index contributed by atoms with van der Waals surface area (Å²) in [5.41, 5.74) is 1.87. The zero-order valence-electron chi connectivity index (χ0n) is 17.6. The largest absolute Gasteiger partial charge is 0.365 e. The average molecular weight is 408 g/mol. The number of carbonyl (C=O) groups is 1. The van der Waals surface area contributed by atoms with E-state index < -0.39 is 0 Å². The lowest BCUT2D eigenvalue weighted by molar-refractivity contribution is -0.130. The third-order valence-electron chi connectivity index (χ3n) is 5.84. The van der Waals surface area contributed by atoms with Crippen LogP contribution in [0.25, 0.3) is 11.0 Å². The average Bonchev–Trinajstić information content (AvgIpc) is 2.79. The molecule has 3 heterocycles. The Hall–Kier alpha value is -2.69. The quantitative estimate of drug-likeness (QED) is 0.720. The van der Waals surface area contributed by atoms with Gasteiger partial charge in [0.25, 0.3) is 0 Å². The Kier molecular flexibility index (Phi) is 6.77. The van der Waals surface area contributed by atoms with E-state index in [0.717, 1.165) is 75.5 Å². The lowest BCUT2D eigenvalue weighted by Gasteiger charge is -2.33. The van der Waals surface area contributed by atoms with Gasteiger partial charge in [0.2, 0.25) is 5.91 Å². The predicted molar refractivity (Wildman–Crippen MR) is 117 cm³/mol. The fourth-order valence-electron chi connectivity index (χ4n) is 3.95. The van der Waals surface area contributed by atoms with E-state index in [9.17, 15) is 4.79 Å². The Morgan fingerprint density at radius 2 is 1.80 bits per heavy atom. The summed E-state index contributed by atoms with van der Waals surface area (Å²) in [4.78, 5) is 27.1. The number of para-hydroxylation sites is 2. The SMILES string of the molecule is CC(=O)N1CCN(CC#CCOC2CCN(c3cnc4ccccc4n3)CC2)CC1. The monoisotopic (exact) mass is 407 g/mol. The van der Waals surface area contributed by atoms with E-state index in [-0.39, 0.29) is 12.0 Å². The second-order valence-electron chi connectivity index (χ2n) is 7.85. The summed E-state index contributed by atoms with van der Waals surface area (Å²) in [7, 11) is 0. The van der Waals surface area contributed by atoms with E-state index in [1.54, 1.807) is 6.92 Å². The third-order valence-corrected chi connectivity index (χ3v) is 5.84. The van der Waals surface area contributed by atoms with Crippen LogP contribution >= 0.6 is 0 Å². The van der Waals surface area contributed by atoms with Crippen LogP contribution in [-0.4, -0.2) is 84.2 Å².